The first-order chi connectivity index (χ1) is 16.2. The van der Waals surface area contributed by atoms with E-state index in [-0.39, 0.29) is 17.9 Å². The summed E-state index contributed by atoms with van der Waals surface area (Å²) in [5.74, 6) is -1.84. The molecule has 1 saturated carbocycles. The van der Waals surface area contributed by atoms with Crippen molar-refractivity contribution < 1.29 is 20.4 Å². The summed E-state index contributed by atoms with van der Waals surface area (Å²) >= 11 is 0. The number of anilines is 1. The molecule has 2 N–H and O–H groups in total. The number of nitrogen functional groups attached to an aromatic ring is 1. The lowest BCUT2D eigenvalue weighted by Gasteiger charge is -2.16. The molecule has 2 heterocycles. The van der Waals surface area contributed by atoms with Gasteiger partial charge in [0.25, 0.3) is 0 Å². The normalized spacial score (nSPS) is 27.3. The number of ether oxygens (including phenoxy) is 2. The quantitative estimate of drug-likeness (QED) is 0.590. The van der Waals surface area contributed by atoms with Crippen LogP contribution in [-0.4, -0.2) is 40.3 Å². The number of nitrogens with zero attached hydrogens (tertiary/aromatic N) is 5. The molecule has 2 aromatic heterocycles. The van der Waals surface area contributed by atoms with Crippen molar-refractivity contribution in [1.29, 1.82) is 0 Å². The van der Waals surface area contributed by atoms with Gasteiger partial charge in [-0.25, -0.2) is 14.8 Å². The summed E-state index contributed by atoms with van der Waals surface area (Å²) in [6.45, 7) is 7.27. The molecule has 0 radical (unpaired) electrons. The maximum absolute atomic E-state index is 8.33. The van der Waals surface area contributed by atoms with Crippen molar-refractivity contribution in [1.82, 2.24) is 19.7 Å². The molecule has 2 aromatic rings. The van der Waals surface area contributed by atoms with Crippen molar-refractivity contribution in [2.24, 2.45) is 5.92 Å². The van der Waals surface area contributed by atoms with Gasteiger partial charge in [-0.1, -0.05) is 12.7 Å². The fraction of sp³-hybridized carbons (Fsp3) is 0.474. The van der Waals surface area contributed by atoms with Crippen molar-refractivity contribution in [3.8, 4) is 11.3 Å². The highest BCUT2D eigenvalue weighted by molar-refractivity contribution is 5.67. The number of methoxy groups -OCH3 is 2. The molecule has 0 spiro atoms. The van der Waals surface area contributed by atoms with E-state index in [0.29, 0.717) is 16.8 Å². The van der Waals surface area contributed by atoms with Gasteiger partial charge in [-0.15, -0.1) is 0 Å². The molecule has 8 nitrogen and oxygen atoms in total. The molecule has 142 valence electrons. The minimum Gasteiger partial charge on any atom is -0.383 e. The van der Waals surface area contributed by atoms with Crippen LogP contribution in [0.25, 0.3) is 21.8 Å². The van der Waals surface area contributed by atoms with Gasteiger partial charge in [0.1, 0.15) is 12.1 Å². The SMILES string of the molecule is [2H]C1([2H])C(/C(=C/[N+]#[C-])n2cc(-c3ncnc(N)c3CC(OC)OC)cn2)C([2H])([2H])C([2H])([2H])C1([2H])[2H]. The van der Waals surface area contributed by atoms with Gasteiger partial charge in [0, 0.05) is 54.6 Å². The molecule has 1 fully saturated rings. The molecule has 8 heteroatoms. The van der Waals surface area contributed by atoms with Crippen LogP contribution >= 0.6 is 0 Å². The Morgan fingerprint density at radius 1 is 1.44 bits per heavy atom. The zero-order valence-corrected chi connectivity index (χ0v) is 14.8. The van der Waals surface area contributed by atoms with E-state index in [1.165, 1.54) is 32.9 Å². The van der Waals surface area contributed by atoms with Crippen LogP contribution in [0.3, 0.4) is 0 Å². The second-order valence-corrected chi connectivity index (χ2v) is 5.52. The smallest absolute Gasteiger partial charge is 0.175 e. The molecule has 0 atom stereocenters. The predicted molar refractivity (Wildman–Crippen MR) is 102 cm³/mol. The van der Waals surface area contributed by atoms with Crippen molar-refractivity contribution in [2.75, 3.05) is 20.0 Å². The van der Waals surface area contributed by atoms with E-state index in [0.717, 1.165) is 10.9 Å². The largest absolute Gasteiger partial charge is 0.383 e. The van der Waals surface area contributed by atoms with Gasteiger partial charge < -0.3 is 15.2 Å². The lowest BCUT2D eigenvalue weighted by Crippen LogP contribution is -2.18. The summed E-state index contributed by atoms with van der Waals surface area (Å²) in [6.07, 6.45) is -8.18. The minimum atomic E-state index is -3.20. The van der Waals surface area contributed by atoms with E-state index >= 15 is 0 Å². The fourth-order valence-corrected chi connectivity index (χ4v) is 2.62. The average Bonchev–Trinajstić information content (AvgIpc) is 3.28. The lowest BCUT2D eigenvalue weighted by molar-refractivity contribution is -0.100. The fourth-order valence-electron chi connectivity index (χ4n) is 2.62. The van der Waals surface area contributed by atoms with E-state index in [2.05, 4.69) is 19.9 Å². The van der Waals surface area contributed by atoms with Crippen molar-refractivity contribution >= 4 is 11.5 Å². The third-order valence-corrected chi connectivity index (χ3v) is 3.98. The molecule has 0 saturated heterocycles. The van der Waals surface area contributed by atoms with Gasteiger partial charge in [-0.3, -0.25) is 4.68 Å². The van der Waals surface area contributed by atoms with Crippen molar-refractivity contribution in [3.05, 3.63) is 41.9 Å². The van der Waals surface area contributed by atoms with Gasteiger partial charge in [0.2, 0.25) is 0 Å². The Morgan fingerprint density at radius 2 is 2.19 bits per heavy atom. The number of nitrogens with two attached hydrogens (primary N) is 1. The highest BCUT2D eigenvalue weighted by atomic mass is 16.7. The zero-order chi connectivity index (χ0) is 26.4. The molecule has 1 aliphatic carbocycles. The molecule has 27 heavy (non-hydrogen) atoms. The number of rotatable bonds is 7. The maximum atomic E-state index is 8.33. The molecular weight excluding hydrogens is 344 g/mol. The molecule has 0 aliphatic heterocycles. The number of aromatic nitrogens is 4. The molecule has 1 aliphatic rings. The first-order valence-electron chi connectivity index (χ1n) is 12.0. The topological polar surface area (TPSA) is 92.4 Å². The van der Waals surface area contributed by atoms with Crippen molar-refractivity contribution in [3.63, 3.8) is 0 Å². The van der Waals surface area contributed by atoms with Gasteiger partial charge >= 0.3 is 0 Å². The van der Waals surface area contributed by atoms with Crippen LogP contribution in [0.5, 0.6) is 0 Å². The Bertz CT molecular complexity index is 1150. The summed E-state index contributed by atoms with van der Waals surface area (Å²) in [5.41, 5.74) is 6.86. The van der Waals surface area contributed by atoms with Crippen LogP contribution in [-0.2, 0) is 15.9 Å². The van der Waals surface area contributed by atoms with Crippen LogP contribution in [0.4, 0.5) is 5.82 Å². The van der Waals surface area contributed by atoms with E-state index in [9.17, 15) is 0 Å². The van der Waals surface area contributed by atoms with Crippen molar-refractivity contribution in [2.45, 2.75) is 38.2 Å². The Kier molecular flexibility index (Phi) is 3.62. The number of allylic oxidation sites excluding steroid dienone is 1. The molecular formula is C19H24N6O2. The standard InChI is InChI=1S/C19H24N6O2/c1-21-10-16(13-6-4-5-7-13)25-11-14(9-24-25)18-15(8-17(26-2)27-3)19(20)23-12-22-18/h9-13,17H,4-8H2,2-3H3,(H2,20,22,23)/b16-10-/i4D2,5D2,6D2,7D2. The molecule has 3 rings (SSSR count). The first-order valence-corrected chi connectivity index (χ1v) is 7.96. The second-order valence-electron chi connectivity index (χ2n) is 5.52. The summed E-state index contributed by atoms with van der Waals surface area (Å²) in [6, 6.07) is 0. The summed E-state index contributed by atoms with van der Waals surface area (Å²) in [5, 5.41) is 4.14. The Morgan fingerprint density at radius 3 is 2.85 bits per heavy atom. The van der Waals surface area contributed by atoms with E-state index < -0.39 is 37.7 Å². The summed E-state index contributed by atoms with van der Waals surface area (Å²) < 4.78 is 77.0. The van der Waals surface area contributed by atoms with Gasteiger partial charge in [-0.2, -0.15) is 5.10 Å². The Labute approximate surface area is 170 Å². The lowest BCUT2D eigenvalue weighted by atomic mass is 10.0. The molecule has 0 amide bonds. The maximum Gasteiger partial charge on any atom is 0.175 e. The van der Waals surface area contributed by atoms with Crippen LogP contribution < -0.4 is 5.73 Å². The Hall–Kier alpha value is -2.76. The Balaban J connectivity index is 2.14. The highest BCUT2D eigenvalue weighted by Crippen LogP contribution is 2.34. The number of hydrogen-bond donors (Lipinski definition) is 1. The van der Waals surface area contributed by atoms with E-state index in [4.69, 9.17) is 32.7 Å². The van der Waals surface area contributed by atoms with Gasteiger partial charge in [-0.05, 0) is 18.7 Å². The molecule has 0 unspecified atom stereocenters. The first kappa shape index (κ1) is 11.2. The summed E-state index contributed by atoms with van der Waals surface area (Å²) in [4.78, 5) is 11.4. The zero-order valence-electron chi connectivity index (χ0n) is 22.8. The second kappa shape index (κ2) is 8.75. The monoisotopic (exact) mass is 376 g/mol. The van der Waals surface area contributed by atoms with Crippen LogP contribution in [0.2, 0.25) is 0 Å². The highest BCUT2D eigenvalue weighted by Gasteiger charge is 2.22. The van der Waals surface area contributed by atoms with E-state index in [1.54, 1.807) is 0 Å². The number of hydrogen-bond acceptors (Lipinski definition) is 6. The third kappa shape index (κ3) is 4.15. The molecule has 0 bridgehead atoms. The third-order valence-electron chi connectivity index (χ3n) is 3.98. The van der Waals surface area contributed by atoms with Gasteiger partial charge in [0.05, 0.1) is 18.5 Å². The van der Waals surface area contributed by atoms with Crippen LogP contribution in [0.1, 0.15) is 42.0 Å². The van der Waals surface area contributed by atoms with Gasteiger partial charge in [0.15, 0.2) is 12.5 Å². The van der Waals surface area contributed by atoms with E-state index in [1.807, 2.05) is 0 Å². The minimum absolute atomic E-state index is 0.156. The summed E-state index contributed by atoms with van der Waals surface area (Å²) in [7, 11) is 2.90. The van der Waals surface area contributed by atoms with Crippen LogP contribution in [0, 0.1) is 12.5 Å². The average molecular weight is 376 g/mol. The predicted octanol–water partition coefficient (Wildman–Crippen LogP) is 2.99. The molecule has 0 aromatic carbocycles. The van der Waals surface area contributed by atoms with Crippen LogP contribution in [0.15, 0.2) is 24.9 Å².